The van der Waals surface area contributed by atoms with Crippen molar-refractivity contribution in [2.75, 3.05) is 32.7 Å². The summed E-state index contributed by atoms with van der Waals surface area (Å²) in [4.78, 5) is 18.5. The van der Waals surface area contributed by atoms with Crippen LogP contribution in [0.2, 0.25) is 0 Å². The Morgan fingerprint density at radius 2 is 1.86 bits per heavy atom. The topological polar surface area (TPSA) is 48.7 Å². The van der Waals surface area contributed by atoms with E-state index in [1.54, 1.807) is 17.6 Å². The molecule has 1 N–H and O–H groups in total. The lowest BCUT2D eigenvalue weighted by Crippen LogP contribution is -2.50. The number of piperazine rings is 1. The molecule has 1 saturated heterocycles. The van der Waals surface area contributed by atoms with Gasteiger partial charge in [0, 0.05) is 37.6 Å². The summed E-state index contributed by atoms with van der Waals surface area (Å²) in [6.07, 6.45) is 1.67. The zero-order chi connectivity index (χ0) is 19.2. The summed E-state index contributed by atoms with van der Waals surface area (Å²) < 4.78 is 5.60. The predicted molar refractivity (Wildman–Crippen MR) is 111 cm³/mol. The lowest BCUT2D eigenvalue weighted by atomic mass is 10.0. The number of nitrogens with zero attached hydrogens (tertiary/aromatic N) is 2. The Morgan fingerprint density at radius 1 is 1.04 bits per heavy atom. The minimum absolute atomic E-state index is 0.125. The third kappa shape index (κ3) is 4.70. The molecule has 3 aromatic rings. The van der Waals surface area contributed by atoms with E-state index in [0.717, 1.165) is 44.0 Å². The molecule has 1 fully saturated rings. The van der Waals surface area contributed by atoms with Gasteiger partial charge in [0.25, 0.3) is 0 Å². The van der Waals surface area contributed by atoms with Crippen LogP contribution >= 0.6 is 11.3 Å². The summed E-state index contributed by atoms with van der Waals surface area (Å²) in [5, 5.41) is 5.50. The Bertz CT molecular complexity index is 841. The Kier molecular flexibility index (Phi) is 6.21. The highest BCUT2D eigenvalue weighted by Crippen LogP contribution is 2.22. The van der Waals surface area contributed by atoms with Crippen molar-refractivity contribution in [2.45, 2.75) is 12.6 Å². The zero-order valence-electron chi connectivity index (χ0n) is 15.8. The molecule has 0 radical (unpaired) electrons. The summed E-state index contributed by atoms with van der Waals surface area (Å²) in [6.45, 7) is 4.68. The number of carbonyl (C=O) groups excluding carboxylic acids is 1. The Morgan fingerprint density at radius 3 is 2.54 bits per heavy atom. The number of benzene rings is 1. The lowest BCUT2D eigenvalue weighted by Gasteiger charge is -2.34. The molecule has 0 spiro atoms. The quantitative estimate of drug-likeness (QED) is 0.666. The molecule has 1 amide bonds. The highest BCUT2D eigenvalue weighted by atomic mass is 32.1. The first-order chi connectivity index (χ1) is 13.8. The molecule has 1 aromatic carbocycles. The van der Waals surface area contributed by atoms with Crippen LogP contribution in [0.1, 0.15) is 22.2 Å². The summed E-state index contributed by atoms with van der Waals surface area (Å²) in [6, 6.07) is 18.0. The van der Waals surface area contributed by atoms with Crippen LogP contribution in [0, 0.1) is 0 Å². The maximum absolute atomic E-state index is 12.7. The number of hydrogen-bond donors (Lipinski definition) is 1. The first kappa shape index (κ1) is 18.9. The van der Waals surface area contributed by atoms with Crippen molar-refractivity contribution in [2.24, 2.45) is 0 Å². The first-order valence-corrected chi connectivity index (χ1v) is 10.5. The maximum atomic E-state index is 12.7. The fourth-order valence-electron chi connectivity index (χ4n) is 3.56. The second-order valence-electron chi connectivity index (χ2n) is 6.98. The molecule has 1 aliphatic rings. The van der Waals surface area contributed by atoms with E-state index in [4.69, 9.17) is 4.42 Å². The second-order valence-corrected chi connectivity index (χ2v) is 8.01. The normalized spacial score (nSPS) is 16.2. The maximum Gasteiger partial charge on any atom is 0.236 e. The summed E-state index contributed by atoms with van der Waals surface area (Å²) >= 11 is 1.79. The van der Waals surface area contributed by atoms with E-state index in [1.807, 2.05) is 47.4 Å². The summed E-state index contributed by atoms with van der Waals surface area (Å²) in [7, 11) is 0. The van der Waals surface area contributed by atoms with E-state index in [1.165, 1.54) is 4.88 Å². The summed E-state index contributed by atoms with van der Waals surface area (Å²) in [5.41, 5.74) is 1.09. The van der Waals surface area contributed by atoms with Gasteiger partial charge in [-0.1, -0.05) is 36.4 Å². The van der Waals surface area contributed by atoms with Gasteiger partial charge in [0.05, 0.1) is 18.8 Å². The number of furan rings is 1. The van der Waals surface area contributed by atoms with Crippen molar-refractivity contribution in [1.29, 1.82) is 0 Å². The SMILES string of the molecule is O=C(CN[C@H](c1ccccc1)c1ccco1)N1CCN(Cc2cccs2)CC1. The van der Waals surface area contributed by atoms with Gasteiger partial charge in [-0.05, 0) is 29.1 Å². The molecule has 0 saturated carbocycles. The molecular weight excluding hydrogens is 370 g/mol. The highest BCUT2D eigenvalue weighted by molar-refractivity contribution is 7.09. The van der Waals surface area contributed by atoms with Crippen LogP contribution in [0.4, 0.5) is 0 Å². The second kappa shape index (κ2) is 9.19. The first-order valence-electron chi connectivity index (χ1n) is 9.64. The van der Waals surface area contributed by atoms with Gasteiger partial charge in [0.15, 0.2) is 0 Å². The summed E-state index contributed by atoms with van der Waals surface area (Å²) in [5.74, 6) is 0.961. The van der Waals surface area contributed by atoms with E-state index in [2.05, 4.69) is 27.7 Å². The third-order valence-electron chi connectivity index (χ3n) is 5.10. The molecule has 0 bridgehead atoms. The minimum atomic E-state index is -0.125. The van der Waals surface area contributed by atoms with E-state index >= 15 is 0 Å². The van der Waals surface area contributed by atoms with Crippen molar-refractivity contribution < 1.29 is 9.21 Å². The minimum Gasteiger partial charge on any atom is -0.467 e. The molecule has 4 rings (SSSR count). The molecular formula is C22H25N3O2S. The Hall–Kier alpha value is -2.41. The molecule has 2 aromatic heterocycles. The average Bonchev–Trinajstić information content (AvgIpc) is 3.44. The fourth-order valence-corrected chi connectivity index (χ4v) is 4.31. The predicted octanol–water partition coefficient (Wildman–Crippen LogP) is 3.36. The van der Waals surface area contributed by atoms with Gasteiger partial charge < -0.3 is 9.32 Å². The van der Waals surface area contributed by atoms with Crippen molar-refractivity contribution >= 4 is 17.2 Å². The van der Waals surface area contributed by atoms with Crippen LogP contribution in [0.5, 0.6) is 0 Å². The molecule has 3 heterocycles. The van der Waals surface area contributed by atoms with E-state index < -0.39 is 0 Å². The zero-order valence-corrected chi connectivity index (χ0v) is 16.6. The van der Waals surface area contributed by atoms with Crippen LogP contribution in [-0.4, -0.2) is 48.4 Å². The van der Waals surface area contributed by atoms with Crippen molar-refractivity contribution in [3.8, 4) is 0 Å². The molecule has 1 aliphatic heterocycles. The van der Waals surface area contributed by atoms with E-state index in [0.29, 0.717) is 6.54 Å². The number of hydrogen-bond acceptors (Lipinski definition) is 5. The van der Waals surface area contributed by atoms with E-state index in [9.17, 15) is 4.79 Å². The molecule has 28 heavy (non-hydrogen) atoms. The van der Waals surface area contributed by atoms with Crippen molar-refractivity contribution in [3.05, 3.63) is 82.4 Å². The fraction of sp³-hybridized carbons (Fsp3) is 0.318. The van der Waals surface area contributed by atoms with Crippen molar-refractivity contribution in [3.63, 3.8) is 0 Å². The largest absolute Gasteiger partial charge is 0.467 e. The van der Waals surface area contributed by atoms with Crippen LogP contribution in [0.25, 0.3) is 0 Å². The van der Waals surface area contributed by atoms with Gasteiger partial charge >= 0.3 is 0 Å². The van der Waals surface area contributed by atoms with Crippen LogP contribution in [-0.2, 0) is 11.3 Å². The van der Waals surface area contributed by atoms with Gasteiger partial charge in [-0.25, -0.2) is 0 Å². The molecule has 0 unspecified atom stereocenters. The molecule has 0 aliphatic carbocycles. The lowest BCUT2D eigenvalue weighted by molar-refractivity contribution is -0.132. The Balaban J connectivity index is 1.31. The number of thiophene rings is 1. The monoisotopic (exact) mass is 395 g/mol. The van der Waals surface area contributed by atoms with E-state index in [-0.39, 0.29) is 11.9 Å². The van der Waals surface area contributed by atoms with Gasteiger partial charge in [-0.3, -0.25) is 15.0 Å². The van der Waals surface area contributed by atoms with Gasteiger partial charge in [0.2, 0.25) is 5.91 Å². The Labute approximate surface area is 169 Å². The van der Waals surface area contributed by atoms with Crippen molar-refractivity contribution in [1.82, 2.24) is 15.1 Å². The van der Waals surface area contributed by atoms with Crippen LogP contribution in [0.15, 0.2) is 70.7 Å². The van der Waals surface area contributed by atoms with Gasteiger partial charge in [-0.15, -0.1) is 11.3 Å². The molecule has 1 atom stereocenters. The third-order valence-corrected chi connectivity index (χ3v) is 5.96. The van der Waals surface area contributed by atoms with Gasteiger partial charge in [0.1, 0.15) is 5.76 Å². The molecule has 146 valence electrons. The molecule has 6 heteroatoms. The van der Waals surface area contributed by atoms with Crippen LogP contribution < -0.4 is 5.32 Å². The number of carbonyl (C=O) groups is 1. The highest BCUT2D eigenvalue weighted by Gasteiger charge is 2.23. The van der Waals surface area contributed by atoms with Crippen LogP contribution in [0.3, 0.4) is 0 Å². The number of rotatable bonds is 7. The molecule has 5 nitrogen and oxygen atoms in total. The number of nitrogens with one attached hydrogen (secondary N) is 1. The smallest absolute Gasteiger partial charge is 0.236 e. The number of amides is 1. The standard InChI is InChI=1S/C22H25N3O2S/c26-21(25-12-10-24(11-13-25)17-19-8-5-15-28-19)16-23-22(20-9-4-14-27-20)18-6-2-1-3-7-18/h1-9,14-15,22-23H,10-13,16-17H2/t22-/m1/s1. The van der Waals surface area contributed by atoms with Gasteiger partial charge in [-0.2, -0.15) is 0 Å². The average molecular weight is 396 g/mol.